The van der Waals surface area contributed by atoms with Gasteiger partial charge in [0.05, 0.1) is 0 Å². The normalized spacial score (nSPS) is 18.9. The quantitative estimate of drug-likeness (QED) is 0.838. The van der Waals surface area contributed by atoms with E-state index < -0.39 is 0 Å². The molecule has 2 nitrogen and oxygen atoms in total. The lowest BCUT2D eigenvalue weighted by molar-refractivity contribution is 0.411. The first kappa shape index (κ1) is 13.2. The van der Waals surface area contributed by atoms with Gasteiger partial charge in [-0.15, -0.1) is 0 Å². The van der Waals surface area contributed by atoms with Crippen molar-refractivity contribution in [3.8, 4) is 0 Å². The standard InChI is InChI=1S/C13H19BrN2S/c1-17-13(8-3-2-4-9-13)10-15-12-7-5-6-11(14)16-12/h5-7H,2-4,8-10H2,1H3,(H,15,16). The minimum atomic E-state index is 0.419. The number of nitrogens with one attached hydrogen (secondary N) is 1. The van der Waals surface area contributed by atoms with E-state index >= 15 is 0 Å². The van der Waals surface area contributed by atoms with E-state index in [2.05, 4.69) is 32.5 Å². The molecule has 0 amide bonds. The van der Waals surface area contributed by atoms with Gasteiger partial charge in [-0.25, -0.2) is 4.98 Å². The van der Waals surface area contributed by atoms with Gasteiger partial charge in [0.1, 0.15) is 10.4 Å². The van der Waals surface area contributed by atoms with Crippen LogP contribution in [0.3, 0.4) is 0 Å². The first-order valence-electron chi connectivity index (χ1n) is 6.16. The van der Waals surface area contributed by atoms with Crippen molar-refractivity contribution < 1.29 is 0 Å². The van der Waals surface area contributed by atoms with Crippen LogP contribution in [0, 0.1) is 0 Å². The number of hydrogen-bond donors (Lipinski definition) is 1. The second-order valence-electron chi connectivity index (χ2n) is 4.65. The maximum absolute atomic E-state index is 4.42. The van der Waals surface area contributed by atoms with Gasteiger partial charge in [-0.3, -0.25) is 0 Å². The summed E-state index contributed by atoms with van der Waals surface area (Å²) in [6.45, 7) is 1.03. The average molecular weight is 315 g/mol. The van der Waals surface area contributed by atoms with Crippen molar-refractivity contribution in [3.05, 3.63) is 22.8 Å². The van der Waals surface area contributed by atoms with Crippen LogP contribution in [-0.4, -0.2) is 22.5 Å². The Kier molecular flexibility index (Phi) is 4.74. The summed E-state index contributed by atoms with van der Waals surface area (Å²) in [6, 6.07) is 6.00. The van der Waals surface area contributed by atoms with E-state index in [0.29, 0.717) is 4.75 Å². The molecule has 1 aliphatic rings. The van der Waals surface area contributed by atoms with Crippen LogP contribution >= 0.6 is 27.7 Å². The summed E-state index contributed by atoms with van der Waals surface area (Å²) in [5.74, 6) is 0.971. The average Bonchev–Trinajstić information content (AvgIpc) is 2.38. The Labute approximate surface area is 116 Å². The van der Waals surface area contributed by atoms with E-state index in [1.165, 1.54) is 32.1 Å². The second-order valence-corrected chi connectivity index (χ2v) is 6.73. The number of rotatable bonds is 4. The number of nitrogens with zero attached hydrogens (tertiary/aromatic N) is 1. The number of aromatic nitrogens is 1. The molecule has 0 aliphatic heterocycles. The van der Waals surface area contributed by atoms with Gasteiger partial charge in [0.25, 0.3) is 0 Å². The first-order valence-corrected chi connectivity index (χ1v) is 8.17. The molecule has 1 N–H and O–H groups in total. The summed E-state index contributed by atoms with van der Waals surface area (Å²) in [4.78, 5) is 4.42. The fourth-order valence-corrected chi connectivity index (χ4v) is 3.66. The second kappa shape index (κ2) is 6.10. The highest BCUT2D eigenvalue weighted by atomic mass is 79.9. The van der Waals surface area contributed by atoms with E-state index in [0.717, 1.165) is 17.0 Å². The third kappa shape index (κ3) is 3.62. The third-order valence-electron chi connectivity index (χ3n) is 3.50. The first-order chi connectivity index (χ1) is 8.24. The minimum Gasteiger partial charge on any atom is -0.369 e. The Morgan fingerprint density at radius 2 is 2.12 bits per heavy atom. The van der Waals surface area contributed by atoms with Crippen LogP contribution in [0.4, 0.5) is 5.82 Å². The Morgan fingerprint density at radius 3 is 2.76 bits per heavy atom. The Balaban J connectivity index is 1.95. The molecule has 1 aromatic rings. The lowest BCUT2D eigenvalue weighted by atomic mass is 9.88. The molecule has 1 heterocycles. The van der Waals surface area contributed by atoms with Crippen LogP contribution in [-0.2, 0) is 0 Å². The Morgan fingerprint density at radius 1 is 1.35 bits per heavy atom. The van der Waals surface area contributed by atoms with Crippen molar-refractivity contribution in [2.75, 3.05) is 18.1 Å². The zero-order valence-corrected chi connectivity index (χ0v) is 12.6. The molecule has 1 aromatic heterocycles. The van der Waals surface area contributed by atoms with Crippen LogP contribution in [0.25, 0.3) is 0 Å². The number of anilines is 1. The molecule has 0 saturated heterocycles. The molecule has 0 spiro atoms. The summed E-state index contributed by atoms with van der Waals surface area (Å²) in [7, 11) is 0. The predicted octanol–water partition coefficient (Wildman–Crippen LogP) is 4.32. The smallest absolute Gasteiger partial charge is 0.127 e. The topological polar surface area (TPSA) is 24.9 Å². The van der Waals surface area contributed by atoms with Gasteiger partial charge in [-0.2, -0.15) is 11.8 Å². The summed E-state index contributed by atoms with van der Waals surface area (Å²) in [5, 5.41) is 3.49. The number of halogens is 1. The van der Waals surface area contributed by atoms with Crippen LogP contribution in [0.1, 0.15) is 32.1 Å². The minimum absolute atomic E-state index is 0.419. The van der Waals surface area contributed by atoms with Gasteiger partial charge in [0, 0.05) is 11.3 Å². The van der Waals surface area contributed by atoms with Crippen molar-refractivity contribution in [1.82, 2.24) is 4.98 Å². The lowest BCUT2D eigenvalue weighted by Crippen LogP contribution is -2.35. The van der Waals surface area contributed by atoms with Crippen molar-refractivity contribution in [1.29, 1.82) is 0 Å². The van der Waals surface area contributed by atoms with Crippen molar-refractivity contribution in [2.45, 2.75) is 36.9 Å². The summed E-state index contributed by atoms with van der Waals surface area (Å²) >= 11 is 5.42. The molecule has 0 unspecified atom stereocenters. The van der Waals surface area contributed by atoms with Gasteiger partial charge in [-0.1, -0.05) is 25.3 Å². The monoisotopic (exact) mass is 314 g/mol. The Bertz CT molecular complexity index is 364. The van der Waals surface area contributed by atoms with Gasteiger partial charge in [0.2, 0.25) is 0 Å². The molecule has 1 fully saturated rings. The zero-order valence-electron chi connectivity index (χ0n) is 10.2. The molecule has 17 heavy (non-hydrogen) atoms. The van der Waals surface area contributed by atoms with Crippen molar-refractivity contribution >= 4 is 33.5 Å². The fourth-order valence-electron chi connectivity index (χ4n) is 2.41. The Hall–Kier alpha value is -0.220. The highest BCUT2D eigenvalue weighted by Crippen LogP contribution is 2.38. The zero-order chi connectivity index (χ0) is 12.1. The van der Waals surface area contributed by atoms with Gasteiger partial charge < -0.3 is 5.32 Å². The van der Waals surface area contributed by atoms with Crippen molar-refractivity contribution in [2.24, 2.45) is 0 Å². The van der Waals surface area contributed by atoms with Crippen LogP contribution < -0.4 is 5.32 Å². The number of hydrogen-bond acceptors (Lipinski definition) is 3. The molecule has 0 radical (unpaired) electrons. The van der Waals surface area contributed by atoms with Crippen LogP contribution in [0.5, 0.6) is 0 Å². The lowest BCUT2D eigenvalue weighted by Gasteiger charge is -2.36. The molecule has 4 heteroatoms. The summed E-state index contributed by atoms with van der Waals surface area (Å²) < 4.78 is 1.31. The van der Waals surface area contributed by atoms with Gasteiger partial charge in [-0.05, 0) is 47.2 Å². The summed E-state index contributed by atoms with van der Waals surface area (Å²) in [6.07, 6.45) is 9.03. The van der Waals surface area contributed by atoms with E-state index in [9.17, 15) is 0 Å². The highest BCUT2D eigenvalue weighted by Gasteiger charge is 2.30. The van der Waals surface area contributed by atoms with E-state index in [-0.39, 0.29) is 0 Å². The van der Waals surface area contributed by atoms with Crippen LogP contribution in [0.2, 0.25) is 0 Å². The molecule has 0 aromatic carbocycles. The van der Waals surface area contributed by atoms with Crippen molar-refractivity contribution in [3.63, 3.8) is 0 Å². The molecular formula is C13H19BrN2S. The van der Waals surface area contributed by atoms with Crippen LogP contribution in [0.15, 0.2) is 22.8 Å². The molecule has 1 aliphatic carbocycles. The summed E-state index contributed by atoms with van der Waals surface area (Å²) in [5.41, 5.74) is 0. The van der Waals surface area contributed by atoms with E-state index in [1.807, 2.05) is 30.0 Å². The molecule has 94 valence electrons. The SMILES string of the molecule is CSC1(CNc2cccc(Br)n2)CCCCC1. The molecule has 1 saturated carbocycles. The third-order valence-corrected chi connectivity index (χ3v) is 5.36. The van der Waals surface area contributed by atoms with Gasteiger partial charge in [0.15, 0.2) is 0 Å². The maximum Gasteiger partial charge on any atom is 0.127 e. The molecular weight excluding hydrogens is 296 g/mol. The largest absolute Gasteiger partial charge is 0.369 e. The number of pyridine rings is 1. The highest BCUT2D eigenvalue weighted by molar-refractivity contribution is 9.10. The van der Waals surface area contributed by atoms with E-state index in [4.69, 9.17) is 0 Å². The molecule has 0 atom stereocenters. The van der Waals surface area contributed by atoms with Gasteiger partial charge >= 0.3 is 0 Å². The number of thioether (sulfide) groups is 1. The molecule has 0 bridgehead atoms. The molecule has 2 rings (SSSR count). The maximum atomic E-state index is 4.42. The van der Waals surface area contributed by atoms with E-state index in [1.54, 1.807) is 0 Å². The fraction of sp³-hybridized carbons (Fsp3) is 0.615. The predicted molar refractivity (Wildman–Crippen MR) is 79.8 cm³/mol.